The maximum absolute atomic E-state index is 13.0. The predicted molar refractivity (Wildman–Crippen MR) is 117 cm³/mol. The van der Waals surface area contributed by atoms with Crippen molar-refractivity contribution in [3.63, 3.8) is 0 Å². The molecule has 8 heteroatoms. The minimum atomic E-state index is -0.629. The number of aromatic nitrogens is 2. The normalized spacial score (nSPS) is 12.6. The topological polar surface area (TPSA) is 64.4 Å². The van der Waals surface area contributed by atoms with Gasteiger partial charge >= 0.3 is 5.97 Å². The van der Waals surface area contributed by atoms with Crippen molar-refractivity contribution in [2.24, 2.45) is 7.05 Å². The summed E-state index contributed by atoms with van der Waals surface area (Å²) in [5.74, 6) is -0.955. The number of nitrogens with zero attached hydrogens (tertiary/aromatic N) is 3. The molecule has 6 nitrogen and oxygen atoms in total. The van der Waals surface area contributed by atoms with Crippen LogP contribution in [0.1, 0.15) is 11.3 Å². The summed E-state index contributed by atoms with van der Waals surface area (Å²) >= 11 is 7.76. The third-order valence-corrected chi connectivity index (χ3v) is 6.18. The molecule has 1 amide bonds. The number of hydrogen-bond acceptors (Lipinski definition) is 5. The van der Waals surface area contributed by atoms with E-state index < -0.39 is 5.97 Å². The maximum atomic E-state index is 13.0. The number of amides is 1. The second-order valence-electron chi connectivity index (χ2n) is 6.62. The van der Waals surface area contributed by atoms with Crippen molar-refractivity contribution >= 4 is 52.7 Å². The molecule has 1 aliphatic rings. The number of aryl methyl sites for hydroxylation is 2. The lowest BCUT2D eigenvalue weighted by atomic mass is 10.2. The van der Waals surface area contributed by atoms with Crippen molar-refractivity contribution < 1.29 is 14.3 Å². The van der Waals surface area contributed by atoms with Gasteiger partial charge in [0.2, 0.25) is 0 Å². The summed E-state index contributed by atoms with van der Waals surface area (Å²) in [5, 5.41) is 4.61. The molecule has 30 heavy (non-hydrogen) atoms. The van der Waals surface area contributed by atoms with E-state index in [0.717, 1.165) is 21.2 Å². The van der Waals surface area contributed by atoms with Crippen LogP contribution in [0.2, 0.25) is 5.15 Å². The maximum Gasteiger partial charge on any atom is 0.331 e. The molecule has 0 saturated heterocycles. The van der Waals surface area contributed by atoms with E-state index >= 15 is 0 Å². The zero-order valence-corrected chi connectivity index (χ0v) is 17.9. The molecule has 0 bridgehead atoms. The Labute approximate surface area is 183 Å². The van der Waals surface area contributed by atoms with E-state index in [-0.39, 0.29) is 12.5 Å². The smallest absolute Gasteiger partial charge is 0.331 e. The predicted octanol–water partition coefficient (Wildman–Crippen LogP) is 4.77. The van der Waals surface area contributed by atoms with Crippen LogP contribution in [-0.4, -0.2) is 28.3 Å². The Morgan fingerprint density at radius 3 is 2.27 bits per heavy atom. The molecule has 0 saturated carbocycles. The fraction of sp³-hybridized carbons (Fsp3) is 0.136. The van der Waals surface area contributed by atoms with E-state index in [4.69, 9.17) is 16.3 Å². The highest BCUT2D eigenvalue weighted by Crippen LogP contribution is 2.47. The number of hydrogen-bond donors (Lipinski definition) is 0. The molecule has 0 aliphatic carbocycles. The van der Waals surface area contributed by atoms with Gasteiger partial charge in [-0.25, -0.2) is 4.79 Å². The Bertz CT molecular complexity index is 1130. The largest absolute Gasteiger partial charge is 0.452 e. The van der Waals surface area contributed by atoms with Crippen LogP contribution < -0.4 is 4.90 Å². The van der Waals surface area contributed by atoms with E-state index in [1.807, 2.05) is 48.5 Å². The van der Waals surface area contributed by atoms with Crippen molar-refractivity contribution in [3.05, 3.63) is 71.0 Å². The van der Waals surface area contributed by atoms with Gasteiger partial charge in [0.05, 0.1) is 17.1 Å². The third kappa shape index (κ3) is 3.86. The van der Waals surface area contributed by atoms with Crippen LogP contribution in [0.15, 0.2) is 64.4 Å². The monoisotopic (exact) mass is 439 g/mol. The van der Waals surface area contributed by atoms with E-state index in [0.29, 0.717) is 16.4 Å². The van der Waals surface area contributed by atoms with Crippen molar-refractivity contribution in [2.45, 2.75) is 16.7 Å². The number of para-hydroxylation sites is 2. The van der Waals surface area contributed by atoms with Gasteiger partial charge in [-0.05, 0) is 37.3 Å². The highest BCUT2D eigenvalue weighted by molar-refractivity contribution is 7.99. The summed E-state index contributed by atoms with van der Waals surface area (Å²) in [5.41, 5.74) is 2.88. The molecular formula is C22H18ClN3O3S. The molecule has 1 aliphatic heterocycles. The number of rotatable bonds is 4. The molecular weight excluding hydrogens is 422 g/mol. The molecule has 3 aromatic rings. The molecule has 2 heterocycles. The Balaban J connectivity index is 1.49. The highest BCUT2D eigenvalue weighted by atomic mass is 35.5. The molecule has 4 rings (SSSR count). The number of esters is 1. The second-order valence-corrected chi connectivity index (χ2v) is 8.06. The van der Waals surface area contributed by atoms with Crippen LogP contribution >= 0.6 is 23.4 Å². The molecule has 0 fully saturated rings. The van der Waals surface area contributed by atoms with Crippen LogP contribution in [-0.2, 0) is 21.4 Å². The summed E-state index contributed by atoms with van der Waals surface area (Å²) in [4.78, 5) is 28.7. The van der Waals surface area contributed by atoms with Crippen LogP contribution in [0.5, 0.6) is 0 Å². The Kier molecular flexibility index (Phi) is 5.65. The van der Waals surface area contributed by atoms with Gasteiger partial charge < -0.3 is 4.74 Å². The van der Waals surface area contributed by atoms with Gasteiger partial charge in [-0.2, -0.15) is 5.10 Å². The van der Waals surface area contributed by atoms with Crippen molar-refractivity contribution in [2.75, 3.05) is 11.5 Å². The van der Waals surface area contributed by atoms with E-state index in [9.17, 15) is 9.59 Å². The van der Waals surface area contributed by atoms with Crippen molar-refractivity contribution in [1.29, 1.82) is 0 Å². The summed E-state index contributed by atoms with van der Waals surface area (Å²) < 4.78 is 6.72. The van der Waals surface area contributed by atoms with Gasteiger partial charge in [-0.15, -0.1) is 0 Å². The number of halogens is 1. The molecule has 152 valence electrons. The van der Waals surface area contributed by atoms with Crippen LogP contribution in [0.4, 0.5) is 11.4 Å². The number of benzene rings is 2. The first-order valence-corrected chi connectivity index (χ1v) is 10.4. The molecule has 0 radical (unpaired) electrons. The number of fused-ring (bicyclic) bond motifs is 2. The molecule has 1 aromatic heterocycles. The minimum absolute atomic E-state index is 0.326. The average molecular weight is 440 g/mol. The van der Waals surface area contributed by atoms with E-state index in [2.05, 4.69) is 5.10 Å². The summed E-state index contributed by atoms with van der Waals surface area (Å²) in [6, 6.07) is 15.3. The van der Waals surface area contributed by atoms with Crippen molar-refractivity contribution in [1.82, 2.24) is 9.78 Å². The fourth-order valence-electron chi connectivity index (χ4n) is 3.21. The zero-order chi connectivity index (χ0) is 21.3. The summed E-state index contributed by atoms with van der Waals surface area (Å²) in [7, 11) is 1.72. The first-order chi connectivity index (χ1) is 14.5. The van der Waals surface area contributed by atoms with Crippen LogP contribution in [0.3, 0.4) is 0 Å². The molecule has 2 aromatic carbocycles. The SMILES string of the molecule is Cc1nn(C)c(Cl)c1/C=C/C(=O)OCC(=O)N1c2ccccc2Sc2ccccc21. The molecule has 0 atom stereocenters. The average Bonchev–Trinajstić information content (AvgIpc) is 2.99. The Morgan fingerprint density at radius 1 is 1.10 bits per heavy atom. The van der Waals surface area contributed by atoms with Gasteiger partial charge in [0.25, 0.3) is 5.91 Å². The number of anilines is 2. The molecule has 0 unspecified atom stereocenters. The fourth-order valence-corrected chi connectivity index (χ4v) is 4.50. The third-order valence-electron chi connectivity index (χ3n) is 4.60. The van der Waals surface area contributed by atoms with E-state index in [1.165, 1.54) is 10.8 Å². The van der Waals surface area contributed by atoms with Gasteiger partial charge in [0, 0.05) is 28.5 Å². The number of carbonyl (C=O) groups excluding carboxylic acids is 2. The van der Waals surface area contributed by atoms with E-state index in [1.54, 1.807) is 36.7 Å². The summed E-state index contributed by atoms with van der Waals surface area (Å²) in [6.45, 7) is 1.42. The quantitative estimate of drug-likeness (QED) is 0.433. The lowest BCUT2D eigenvalue weighted by molar-refractivity contribution is -0.142. The van der Waals surface area contributed by atoms with Gasteiger partial charge in [0.15, 0.2) is 6.61 Å². The van der Waals surface area contributed by atoms with Gasteiger partial charge in [-0.3, -0.25) is 14.4 Å². The second kappa shape index (κ2) is 8.38. The standard InChI is InChI=1S/C22H18ClN3O3S/c1-14-15(22(23)25(2)24-14)11-12-21(28)29-13-20(27)26-16-7-3-5-9-18(16)30-19-10-6-4-8-17(19)26/h3-12H,13H2,1-2H3/b12-11+. The van der Waals surface area contributed by atoms with Gasteiger partial charge in [-0.1, -0.05) is 47.6 Å². The first-order valence-electron chi connectivity index (χ1n) is 9.18. The molecule has 0 spiro atoms. The van der Waals surface area contributed by atoms with Gasteiger partial charge in [0.1, 0.15) is 5.15 Å². The lowest BCUT2D eigenvalue weighted by Gasteiger charge is -2.30. The Morgan fingerprint density at radius 2 is 1.70 bits per heavy atom. The summed E-state index contributed by atoms with van der Waals surface area (Å²) in [6.07, 6.45) is 2.79. The lowest BCUT2D eigenvalue weighted by Crippen LogP contribution is -2.32. The Hall–Kier alpha value is -3.03. The van der Waals surface area contributed by atoms with Crippen molar-refractivity contribution in [3.8, 4) is 0 Å². The number of carbonyl (C=O) groups is 2. The number of ether oxygens (including phenoxy) is 1. The highest BCUT2D eigenvalue weighted by Gasteiger charge is 2.28. The first kappa shape index (κ1) is 20.3. The molecule has 0 N–H and O–H groups in total. The van der Waals surface area contributed by atoms with Crippen LogP contribution in [0.25, 0.3) is 6.08 Å². The van der Waals surface area contributed by atoms with Crippen LogP contribution in [0, 0.1) is 6.92 Å². The minimum Gasteiger partial charge on any atom is -0.452 e. The zero-order valence-electron chi connectivity index (χ0n) is 16.3.